The van der Waals surface area contributed by atoms with Crippen LogP contribution in [0.5, 0.6) is 0 Å². The number of aromatic nitrogens is 2. The van der Waals surface area contributed by atoms with Crippen molar-refractivity contribution < 1.29 is 4.79 Å². The normalized spacial score (nSPS) is 9.44. The lowest BCUT2D eigenvalue weighted by Crippen LogP contribution is -2.01. The first-order valence-corrected chi connectivity index (χ1v) is 5.03. The molecule has 5 nitrogen and oxygen atoms in total. The molecule has 0 saturated heterocycles. The van der Waals surface area contributed by atoms with Gasteiger partial charge in [0.05, 0.1) is 6.33 Å². The van der Waals surface area contributed by atoms with E-state index in [9.17, 15) is 4.79 Å². The zero-order valence-corrected chi connectivity index (χ0v) is 9.10. The molecule has 0 fully saturated rings. The molecule has 0 aromatic carbocycles. The number of unbranched alkanes of at least 4 members (excludes halogenated alkanes) is 1. The van der Waals surface area contributed by atoms with E-state index in [1.54, 1.807) is 11.5 Å². The first-order chi connectivity index (χ1) is 7.69. The number of Topliss-reactive ketones (excluding diaryl/α,β-unsaturated/α-hetero) is 1. The van der Waals surface area contributed by atoms with Gasteiger partial charge < -0.3 is 9.36 Å². The van der Waals surface area contributed by atoms with Crippen molar-refractivity contribution in [2.45, 2.75) is 32.7 Å². The van der Waals surface area contributed by atoms with E-state index in [0.29, 0.717) is 18.7 Å². The fraction of sp³-hybridized carbons (Fsp3) is 0.455. The lowest BCUT2D eigenvalue weighted by Gasteiger charge is -2.02. The summed E-state index contributed by atoms with van der Waals surface area (Å²) < 4.78 is 1.65. The van der Waals surface area contributed by atoms with Crippen LogP contribution in [0.2, 0.25) is 0 Å². The number of nitriles is 2. The van der Waals surface area contributed by atoms with Crippen molar-refractivity contribution in [1.29, 1.82) is 10.5 Å². The van der Waals surface area contributed by atoms with E-state index in [-0.39, 0.29) is 11.5 Å². The Hall–Kier alpha value is -2.14. The number of aryl methyl sites for hydroxylation is 1. The van der Waals surface area contributed by atoms with Gasteiger partial charge in [-0.25, -0.2) is 4.98 Å². The number of ketones is 1. The van der Waals surface area contributed by atoms with E-state index in [1.165, 1.54) is 6.33 Å². The van der Waals surface area contributed by atoms with Crippen molar-refractivity contribution in [3.63, 3.8) is 0 Å². The van der Waals surface area contributed by atoms with Gasteiger partial charge >= 0.3 is 0 Å². The maximum absolute atomic E-state index is 10.7. The highest BCUT2D eigenvalue weighted by Crippen LogP contribution is 2.07. The molecule has 16 heavy (non-hydrogen) atoms. The first kappa shape index (κ1) is 11.9. The van der Waals surface area contributed by atoms with Crippen LogP contribution in [-0.2, 0) is 11.3 Å². The second kappa shape index (κ2) is 5.67. The standard InChI is InChI=1S/C11H12N4O/c1-9(16)4-2-3-5-15-8-14-10(6-12)11(15)7-13/h8H,2-5H2,1H3. The van der Waals surface area contributed by atoms with Crippen LogP contribution >= 0.6 is 0 Å². The van der Waals surface area contributed by atoms with E-state index in [4.69, 9.17) is 10.5 Å². The Labute approximate surface area is 93.9 Å². The summed E-state index contributed by atoms with van der Waals surface area (Å²) in [6.45, 7) is 2.18. The Morgan fingerprint density at radius 3 is 2.75 bits per heavy atom. The maximum Gasteiger partial charge on any atom is 0.176 e. The monoisotopic (exact) mass is 216 g/mol. The molecule has 0 amide bonds. The van der Waals surface area contributed by atoms with Crippen molar-refractivity contribution in [1.82, 2.24) is 9.55 Å². The summed E-state index contributed by atoms with van der Waals surface area (Å²) in [5, 5.41) is 17.5. The number of imidazole rings is 1. The summed E-state index contributed by atoms with van der Waals surface area (Å²) in [6.07, 6.45) is 3.64. The van der Waals surface area contributed by atoms with Crippen LogP contribution in [0.25, 0.3) is 0 Å². The average Bonchev–Trinajstić information content (AvgIpc) is 2.66. The van der Waals surface area contributed by atoms with Crippen molar-refractivity contribution in [3.05, 3.63) is 17.7 Å². The van der Waals surface area contributed by atoms with Crippen LogP contribution in [0, 0.1) is 22.7 Å². The van der Waals surface area contributed by atoms with Gasteiger partial charge in [0.1, 0.15) is 17.9 Å². The molecule has 0 bridgehead atoms. The highest BCUT2D eigenvalue weighted by atomic mass is 16.1. The minimum absolute atomic E-state index is 0.161. The summed E-state index contributed by atoms with van der Waals surface area (Å²) >= 11 is 0. The molecule has 0 aliphatic heterocycles. The van der Waals surface area contributed by atoms with Gasteiger partial charge in [0, 0.05) is 13.0 Å². The maximum atomic E-state index is 10.7. The Balaban J connectivity index is 2.56. The van der Waals surface area contributed by atoms with Gasteiger partial charge in [-0.05, 0) is 19.8 Å². The number of carbonyl (C=O) groups excluding carboxylic acids is 1. The van der Waals surface area contributed by atoms with Crippen LogP contribution in [0.4, 0.5) is 0 Å². The van der Waals surface area contributed by atoms with Crippen LogP contribution in [0.1, 0.15) is 37.6 Å². The van der Waals surface area contributed by atoms with Gasteiger partial charge in [-0.1, -0.05) is 0 Å². The predicted octanol–water partition coefficient (Wildman–Crippen LogP) is 1.39. The minimum Gasteiger partial charge on any atom is -0.321 e. The van der Waals surface area contributed by atoms with Crippen LogP contribution in [0.3, 0.4) is 0 Å². The van der Waals surface area contributed by atoms with E-state index >= 15 is 0 Å². The largest absolute Gasteiger partial charge is 0.321 e. The summed E-state index contributed by atoms with van der Waals surface area (Å²) in [5.41, 5.74) is 0.458. The van der Waals surface area contributed by atoms with Gasteiger partial charge in [0.15, 0.2) is 11.4 Å². The van der Waals surface area contributed by atoms with E-state index in [1.807, 2.05) is 12.1 Å². The number of hydrogen-bond acceptors (Lipinski definition) is 4. The fourth-order valence-electron chi connectivity index (χ4n) is 1.41. The predicted molar refractivity (Wildman–Crippen MR) is 56.2 cm³/mol. The molecule has 1 rings (SSSR count). The lowest BCUT2D eigenvalue weighted by atomic mass is 10.2. The van der Waals surface area contributed by atoms with Crippen LogP contribution in [0.15, 0.2) is 6.33 Å². The van der Waals surface area contributed by atoms with Gasteiger partial charge in [-0.15, -0.1) is 0 Å². The molecule has 0 aliphatic carbocycles. The van der Waals surface area contributed by atoms with E-state index in [2.05, 4.69) is 4.98 Å². The Bertz CT molecular complexity index is 461. The van der Waals surface area contributed by atoms with Crippen LogP contribution in [-0.4, -0.2) is 15.3 Å². The fourth-order valence-corrected chi connectivity index (χ4v) is 1.41. The Morgan fingerprint density at radius 2 is 2.19 bits per heavy atom. The third-order valence-electron chi connectivity index (χ3n) is 2.23. The summed E-state index contributed by atoms with van der Waals surface area (Å²) in [4.78, 5) is 14.5. The Kier molecular flexibility index (Phi) is 4.23. The highest BCUT2D eigenvalue weighted by Gasteiger charge is 2.09. The summed E-state index contributed by atoms with van der Waals surface area (Å²) in [7, 11) is 0. The molecule has 0 saturated carbocycles. The molecule has 0 unspecified atom stereocenters. The van der Waals surface area contributed by atoms with Gasteiger partial charge in [0.2, 0.25) is 0 Å². The molecule has 0 spiro atoms. The lowest BCUT2D eigenvalue weighted by molar-refractivity contribution is -0.117. The van der Waals surface area contributed by atoms with Gasteiger partial charge in [0.25, 0.3) is 0 Å². The molecule has 0 radical (unpaired) electrons. The van der Waals surface area contributed by atoms with Crippen molar-refractivity contribution >= 4 is 5.78 Å². The SMILES string of the molecule is CC(=O)CCCCn1cnc(C#N)c1C#N. The number of hydrogen-bond donors (Lipinski definition) is 0. The molecule has 82 valence electrons. The number of carbonyl (C=O) groups is 1. The zero-order chi connectivity index (χ0) is 12.0. The first-order valence-electron chi connectivity index (χ1n) is 5.03. The summed E-state index contributed by atoms with van der Waals surface area (Å²) in [6, 6.07) is 3.82. The molecule has 0 atom stereocenters. The van der Waals surface area contributed by atoms with Gasteiger partial charge in [-0.3, -0.25) is 0 Å². The molecule has 0 N–H and O–H groups in total. The summed E-state index contributed by atoms with van der Waals surface area (Å²) in [5.74, 6) is 0.170. The van der Waals surface area contributed by atoms with Crippen molar-refractivity contribution in [2.75, 3.05) is 0 Å². The highest BCUT2D eigenvalue weighted by molar-refractivity contribution is 5.75. The molecule has 5 heteroatoms. The molecule has 0 aliphatic rings. The van der Waals surface area contributed by atoms with Crippen LogP contribution < -0.4 is 0 Å². The number of nitrogens with zero attached hydrogens (tertiary/aromatic N) is 4. The van der Waals surface area contributed by atoms with E-state index < -0.39 is 0 Å². The second-order valence-corrected chi connectivity index (χ2v) is 3.52. The second-order valence-electron chi connectivity index (χ2n) is 3.52. The van der Waals surface area contributed by atoms with Crippen molar-refractivity contribution in [3.8, 4) is 12.1 Å². The number of rotatable bonds is 5. The molecular weight excluding hydrogens is 204 g/mol. The Morgan fingerprint density at radius 1 is 1.44 bits per heavy atom. The third kappa shape index (κ3) is 2.93. The third-order valence-corrected chi connectivity index (χ3v) is 2.23. The minimum atomic E-state index is 0.161. The molecular formula is C11H12N4O. The topological polar surface area (TPSA) is 82.5 Å². The molecule has 1 aromatic rings. The smallest absolute Gasteiger partial charge is 0.176 e. The zero-order valence-electron chi connectivity index (χ0n) is 9.10. The van der Waals surface area contributed by atoms with Gasteiger partial charge in [-0.2, -0.15) is 10.5 Å². The molecule has 1 aromatic heterocycles. The quantitative estimate of drug-likeness (QED) is 0.696. The average molecular weight is 216 g/mol. The van der Waals surface area contributed by atoms with Crippen molar-refractivity contribution in [2.24, 2.45) is 0 Å². The van der Waals surface area contributed by atoms with E-state index in [0.717, 1.165) is 12.8 Å². The molecule has 1 heterocycles.